The van der Waals surface area contributed by atoms with Gasteiger partial charge in [-0.25, -0.2) is 4.79 Å². The van der Waals surface area contributed by atoms with Crippen molar-refractivity contribution < 1.29 is 18.8 Å². The van der Waals surface area contributed by atoms with Crippen LogP contribution in [0.15, 0.2) is 121 Å². The zero-order valence-electron chi connectivity index (χ0n) is 31.1. The van der Waals surface area contributed by atoms with Crippen LogP contribution in [0, 0.1) is 5.92 Å². The van der Waals surface area contributed by atoms with Crippen LogP contribution >= 0.6 is 7.92 Å². The van der Waals surface area contributed by atoms with Gasteiger partial charge < -0.3 is 19.8 Å². The standard InChI is InChI=1S/C42H55N2O4PSi/c1-31(2)38(44-40(46)47-41(4,5)6)39(45)43-37(30-49(33-22-14-10-15-23-33)34-24-16-11-17-25-34)32(3)48-50(42(7,8)9,35-26-18-12-19-27-35)36-28-20-13-21-29-36/h10-29,31-32,37-38H,30H2,1-9H3,(H,43,45)(H,44,46)/t32-,37-,38-/m0/s1. The molecule has 0 saturated carbocycles. The summed E-state index contributed by atoms with van der Waals surface area (Å²) >= 11 is 0. The average Bonchev–Trinajstić information content (AvgIpc) is 3.07. The number of carbonyl (C=O) groups is 2. The van der Waals surface area contributed by atoms with E-state index in [1.807, 2.05) is 58.9 Å². The number of benzene rings is 4. The topological polar surface area (TPSA) is 76.7 Å². The fraction of sp³-hybridized carbons (Fsp3) is 0.381. The maximum Gasteiger partial charge on any atom is 0.408 e. The van der Waals surface area contributed by atoms with Crippen molar-refractivity contribution in [3.05, 3.63) is 121 Å². The van der Waals surface area contributed by atoms with Gasteiger partial charge in [0.2, 0.25) is 5.91 Å². The first-order valence-corrected chi connectivity index (χ1v) is 21.0. The predicted octanol–water partition coefficient (Wildman–Crippen LogP) is 7.12. The van der Waals surface area contributed by atoms with Gasteiger partial charge in [-0.1, -0.05) is 156 Å². The van der Waals surface area contributed by atoms with Crippen LogP contribution in [0.25, 0.3) is 0 Å². The Kier molecular flexibility index (Phi) is 13.2. The molecule has 2 amide bonds. The Labute approximate surface area is 302 Å². The fourth-order valence-corrected chi connectivity index (χ4v) is 13.7. The van der Waals surface area contributed by atoms with E-state index in [4.69, 9.17) is 9.16 Å². The Hall–Kier alpha value is -3.77. The van der Waals surface area contributed by atoms with Crippen molar-refractivity contribution in [2.75, 3.05) is 6.16 Å². The van der Waals surface area contributed by atoms with Crippen molar-refractivity contribution in [1.82, 2.24) is 10.6 Å². The monoisotopic (exact) mass is 710 g/mol. The Bertz CT molecular complexity index is 1560. The third-order valence-corrected chi connectivity index (χ3v) is 16.5. The summed E-state index contributed by atoms with van der Waals surface area (Å²) in [6.07, 6.45) is -0.363. The minimum Gasteiger partial charge on any atom is -0.444 e. The number of amides is 2. The van der Waals surface area contributed by atoms with Gasteiger partial charge in [-0.05, 0) is 73.7 Å². The quantitative estimate of drug-likeness (QED) is 0.115. The van der Waals surface area contributed by atoms with Crippen molar-refractivity contribution in [2.24, 2.45) is 5.92 Å². The summed E-state index contributed by atoms with van der Waals surface area (Å²) in [4.78, 5) is 27.3. The molecule has 0 spiro atoms. The third-order valence-electron chi connectivity index (χ3n) is 8.81. The maximum absolute atomic E-state index is 14.3. The van der Waals surface area contributed by atoms with Crippen molar-refractivity contribution in [1.29, 1.82) is 0 Å². The van der Waals surface area contributed by atoms with Crippen LogP contribution in [0.1, 0.15) is 62.3 Å². The first-order chi connectivity index (χ1) is 23.6. The minimum atomic E-state index is -2.97. The first kappa shape index (κ1) is 39.0. The van der Waals surface area contributed by atoms with Crippen LogP contribution in [0.2, 0.25) is 5.04 Å². The van der Waals surface area contributed by atoms with Crippen molar-refractivity contribution in [3.63, 3.8) is 0 Å². The summed E-state index contributed by atoms with van der Waals surface area (Å²) in [7, 11) is -3.86. The molecule has 6 nitrogen and oxygen atoms in total. The van der Waals surface area contributed by atoms with Crippen molar-refractivity contribution in [3.8, 4) is 0 Å². The highest BCUT2D eigenvalue weighted by molar-refractivity contribution is 7.73. The summed E-state index contributed by atoms with van der Waals surface area (Å²) in [5, 5.41) is 10.8. The van der Waals surface area contributed by atoms with Gasteiger partial charge in [-0.3, -0.25) is 4.79 Å². The maximum atomic E-state index is 14.3. The molecule has 0 unspecified atom stereocenters. The summed E-state index contributed by atoms with van der Waals surface area (Å²) in [5.74, 6) is -0.439. The van der Waals surface area contributed by atoms with E-state index in [9.17, 15) is 9.59 Å². The molecule has 0 radical (unpaired) electrons. The molecule has 3 atom stereocenters. The second-order valence-corrected chi connectivity index (χ2v) is 21.8. The molecule has 0 saturated heterocycles. The van der Waals surface area contributed by atoms with Crippen LogP contribution in [0.3, 0.4) is 0 Å². The smallest absolute Gasteiger partial charge is 0.408 e. The molecule has 0 heterocycles. The molecular weight excluding hydrogens is 656 g/mol. The summed E-state index contributed by atoms with van der Waals surface area (Å²) < 4.78 is 13.2. The van der Waals surface area contributed by atoms with Gasteiger partial charge >= 0.3 is 6.09 Å². The lowest BCUT2D eigenvalue weighted by atomic mass is 10.0. The molecule has 0 aliphatic rings. The molecule has 0 aromatic heterocycles. The second-order valence-electron chi connectivity index (χ2n) is 15.3. The number of alkyl carbamates (subject to hydrolysis) is 1. The van der Waals surface area contributed by atoms with Crippen LogP contribution in [0.4, 0.5) is 4.79 Å². The van der Waals surface area contributed by atoms with E-state index in [0.717, 1.165) is 0 Å². The highest BCUT2D eigenvalue weighted by atomic mass is 31.1. The van der Waals surface area contributed by atoms with Gasteiger partial charge in [-0.15, -0.1) is 0 Å². The van der Waals surface area contributed by atoms with Gasteiger partial charge in [0.25, 0.3) is 8.32 Å². The molecule has 4 aromatic carbocycles. The van der Waals surface area contributed by atoms with E-state index in [0.29, 0.717) is 6.16 Å². The van der Waals surface area contributed by atoms with Crippen LogP contribution in [-0.2, 0) is 14.0 Å². The SMILES string of the molecule is CC(C)[C@H](NC(=O)OC(C)(C)C)C(=O)N[C@@H](CP(c1ccccc1)c1ccccc1)[C@H](C)O[Si](c1ccccc1)(c1ccccc1)C(C)(C)C. The summed E-state index contributed by atoms with van der Waals surface area (Å²) in [5.41, 5.74) is -0.691. The molecule has 50 heavy (non-hydrogen) atoms. The molecule has 266 valence electrons. The third kappa shape index (κ3) is 9.93. The van der Waals surface area contributed by atoms with E-state index < -0.39 is 46.1 Å². The van der Waals surface area contributed by atoms with Crippen LogP contribution in [0.5, 0.6) is 0 Å². The molecule has 4 aromatic rings. The zero-order chi connectivity index (χ0) is 36.5. The van der Waals surface area contributed by atoms with Gasteiger partial charge in [-0.2, -0.15) is 0 Å². The molecule has 0 aliphatic carbocycles. The molecule has 0 fully saturated rings. The number of ether oxygens (including phenoxy) is 1. The Morgan fingerprint density at radius 3 is 1.46 bits per heavy atom. The molecule has 0 aliphatic heterocycles. The largest absolute Gasteiger partial charge is 0.444 e. The minimum absolute atomic E-state index is 0.180. The highest BCUT2D eigenvalue weighted by Crippen LogP contribution is 2.40. The lowest BCUT2D eigenvalue weighted by Gasteiger charge is -2.46. The number of rotatable bonds is 13. The number of hydrogen-bond acceptors (Lipinski definition) is 4. The number of carbonyl (C=O) groups excluding carboxylic acids is 2. The summed E-state index contributed by atoms with van der Waals surface area (Å²) in [6, 6.07) is 41.0. The number of hydrogen-bond donors (Lipinski definition) is 2. The van der Waals surface area contributed by atoms with Gasteiger partial charge in [0.05, 0.1) is 12.1 Å². The molecular formula is C42H55N2O4PSi. The van der Waals surface area contributed by atoms with Crippen LogP contribution in [-0.4, -0.2) is 50.3 Å². The van der Waals surface area contributed by atoms with E-state index in [2.05, 4.69) is 135 Å². The zero-order valence-corrected chi connectivity index (χ0v) is 33.0. The van der Waals surface area contributed by atoms with Gasteiger partial charge in [0.1, 0.15) is 11.6 Å². The lowest BCUT2D eigenvalue weighted by molar-refractivity contribution is -0.125. The average molecular weight is 711 g/mol. The second kappa shape index (κ2) is 17.0. The molecule has 4 rings (SSSR count). The Morgan fingerprint density at radius 2 is 1.08 bits per heavy atom. The fourth-order valence-electron chi connectivity index (χ4n) is 6.38. The highest BCUT2D eigenvalue weighted by Gasteiger charge is 2.52. The predicted molar refractivity (Wildman–Crippen MR) is 212 cm³/mol. The summed E-state index contributed by atoms with van der Waals surface area (Å²) in [6.45, 7) is 18.2. The van der Waals surface area contributed by atoms with E-state index in [1.54, 1.807) is 0 Å². The van der Waals surface area contributed by atoms with E-state index in [1.165, 1.54) is 21.0 Å². The van der Waals surface area contributed by atoms with E-state index in [-0.39, 0.29) is 16.9 Å². The van der Waals surface area contributed by atoms with Gasteiger partial charge in [0.15, 0.2) is 0 Å². The first-order valence-electron chi connectivity index (χ1n) is 17.6. The molecule has 2 N–H and O–H groups in total. The van der Waals surface area contributed by atoms with E-state index >= 15 is 0 Å². The molecule has 0 bridgehead atoms. The van der Waals surface area contributed by atoms with Crippen LogP contribution < -0.4 is 31.6 Å². The Balaban J connectivity index is 1.82. The van der Waals surface area contributed by atoms with Crippen molar-refractivity contribution >= 4 is 49.2 Å². The van der Waals surface area contributed by atoms with Gasteiger partial charge in [0, 0.05) is 0 Å². The van der Waals surface area contributed by atoms with Crippen molar-refractivity contribution in [2.45, 2.75) is 91.1 Å². The molecule has 8 heteroatoms. The number of nitrogens with one attached hydrogen (secondary N) is 2. The normalized spacial score (nSPS) is 14.1. The lowest BCUT2D eigenvalue weighted by Crippen LogP contribution is -2.69. The Morgan fingerprint density at radius 1 is 0.660 bits per heavy atom.